The minimum Gasteiger partial charge on any atom is -0.325 e. The Hall–Kier alpha value is -2.73. The molecule has 0 unspecified atom stereocenters. The molecular formula is C21H20FN3OS. The number of benzene rings is 2. The number of hydrogen-bond acceptors (Lipinski definition) is 4. The first-order valence-electron chi connectivity index (χ1n) is 8.63. The highest BCUT2D eigenvalue weighted by Crippen LogP contribution is 2.21. The van der Waals surface area contributed by atoms with Crippen LogP contribution >= 0.6 is 11.8 Å². The SMILES string of the molecule is CC(C)c1ccc(NC(=O)CSc2ccc(-c3ccc(F)cc3)nn2)cc1. The number of nitrogens with one attached hydrogen (secondary N) is 1. The Balaban J connectivity index is 1.53. The lowest BCUT2D eigenvalue weighted by Gasteiger charge is -2.08. The predicted octanol–water partition coefficient (Wildman–Crippen LogP) is 5.14. The number of hydrogen-bond donors (Lipinski definition) is 1. The highest BCUT2D eigenvalue weighted by molar-refractivity contribution is 7.99. The predicted molar refractivity (Wildman–Crippen MR) is 107 cm³/mol. The molecule has 1 amide bonds. The molecule has 0 bridgehead atoms. The number of aromatic nitrogens is 2. The van der Waals surface area contributed by atoms with E-state index in [-0.39, 0.29) is 17.5 Å². The Kier molecular flexibility index (Phi) is 6.19. The van der Waals surface area contributed by atoms with E-state index in [0.717, 1.165) is 11.3 Å². The van der Waals surface area contributed by atoms with Crippen LogP contribution in [0.15, 0.2) is 65.7 Å². The summed E-state index contributed by atoms with van der Waals surface area (Å²) in [5.41, 5.74) is 3.47. The van der Waals surface area contributed by atoms with E-state index in [1.54, 1.807) is 18.2 Å². The largest absolute Gasteiger partial charge is 0.325 e. The number of nitrogens with zero attached hydrogens (tertiary/aromatic N) is 2. The van der Waals surface area contributed by atoms with E-state index >= 15 is 0 Å². The Morgan fingerprint density at radius 2 is 1.70 bits per heavy atom. The van der Waals surface area contributed by atoms with Crippen molar-refractivity contribution in [3.05, 3.63) is 72.0 Å². The second-order valence-electron chi connectivity index (χ2n) is 6.38. The maximum atomic E-state index is 13.0. The quantitative estimate of drug-likeness (QED) is 0.601. The smallest absolute Gasteiger partial charge is 0.234 e. The molecule has 1 aromatic heterocycles. The molecule has 138 valence electrons. The first kappa shape index (κ1) is 19.0. The molecule has 2 aromatic carbocycles. The summed E-state index contributed by atoms with van der Waals surface area (Å²) < 4.78 is 13.0. The van der Waals surface area contributed by atoms with Crippen molar-refractivity contribution in [3.8, 4) is 11.3 Å². The molecule has 6 heteroatoms. The van der Waals surface area contributed by atoms with Gasteiger partial charge in [-0.3, -0.25) is 4.79 Å². The molecule has 3 rings (SSSR count). The van der Waals surface area contributed by atoms with Crippen molar-refractivity contribution in [1.82, 2.24) is 10.2 Å². The van der Waals surface area contributed by atoms with Crippen LogP contribution in [0.25, 0.3) is 11.3 Å². The molecule has 27 heavy (non-hydrogen) atoms. The molecule has 0 aliphatic carbocycles. The third kappa shape index (κ3) is 5.37. The topological polar surface area (TPSA) is 54.9 Å². The molecule has 0 atom stereocenters. The fourth-order valence-electron chi connectivity index (χ4n) is 2.46. The van der Waals surface area contributed by atoms with Crippen LogP contribution in [-0.2, 0) is 4.79 Å². The van der Waals surface area contributed by atoms with Gasteiger partial charge >= 0.3 is 0 Å². The number of rotatable bonds is 6. The van der Waals surface area contributed by atoms with Crippen molar-refractivity contribution in [2.75, 3.05) is 11.1 Å². The molecule has 0 fully saturated rings. The van der Waals surface area contributed by atoms with Gasteiger partial charge in [0, 0.05) is 11.3 Å². The Morgan fingerprint density at radius 1 is 1.00 bits per heavy atom. The first-order chi connectivity index (χ1) is 13.0. The second-order valence-corrected chi connectivity index (χ2v) is 7.37. The number of thioether (sulfide) groups is 1. The molecule has 0 spiro atoms. The zero-order valence-electron chi connectivity index (χ0n) is 15.1. The van der Waals surface area contributed by atoms with Gasteiger partial charge in [0.2, 0.25) is 5.91 Å². The highest BCUT2D eigenvalue weighted by atomic mass is 32.2. The van der Waals surface area contributed by atoms with Crippen LogP contribution < -0.4 is 5.32 Å². The summed E-state index contributed by atoms with van der Waals surface area (Å²) in [6, 6.07) is 17.6. The van der Waals surface area contributed by atoms with Crippen molar-refractivity contribution >= 4 is 23.4 Å². The number of amides is 1. The van der Waals surface area contributed by atoms with Crippen LogP contribution in [0.4, 0.5) is 10.1 Å². The van der Waals surface area contributed by atoms with Gasteiger partial charge in [0.05, 0.1) is 11.4 Å². The molecule has 1 heterocycles. The zero-order valence-corrected chi connectivity index (χ0v) is 16.0. The lowest BCUT2D eigenvalue weighted by atomic mass is 10.0. The average Bonchev–Trinajstić information content (AvgIpc) is 2.68. The third-order valence-corrected chi connectivity index (χ3v) is 4.91. The van der Waals surface area contributed by atoms with Gasteiger partial charge in [-0.1, -0.05) is 37.7 Å². The van der Waals surface area contributed by atoms with Crippen LogP contribution in [0.5, 0.6) is 0 Å². The molecule has 1 N–H and O–H groups in total. The maximum absolute atomic E-state index is 13.0. The Labute approximate surface area is 162 Å². The fourth-order valence-corrected chi connectivity index (χ4v) is 3.07. The average molecular weight is 381 g/mol. The van der Waals surface area contributed by atoms with Crippen molar-refractivity contribution < 1.29 is 9.18 Å². The summed E-state index contributed by atoms with van der Waals surface area (Å²) in [4.78, 5) is 12.1. The van der Waals surface area contributed by atoms with Gasteiger partial charge < -0.3 is 5.32 Å². The van der Waals surface area contributed by atoms with Crippen LogP contribution in [0, 0.1) is 5.82 Å². The number of anilines is 1. The van der Waals surface area contributed by atoms with E-state index in [1.807, 2.05) is 30.3 Å². The maximum Gasteiger partial charge on any atom is 0.234 e. The van der Waals surface area contributed by atoms with Gasteiger partial charge in [-0.2, -0.15) is 0 Å². The Morgan fingerprint density at radius 3 is 2.30 bits per heavy atom. The number of halogens is 1. The van der Waals surface area contributed by atoms with Gasteiger partial charge in [-0.25, -0.2) is 4.39 Å². The van der Waals surface area contributed by atoms with E-state index in [0.29, 0.717) is 16.6 Å². The van der Waals surface area contributed by atoms with Gasteiger partial charge in [0.1, 0.15) is 10.8 Å². The minimum atomic E-state index is -0.288. The van der Waals surface area contributed by atoms with Crippen LogP contribution in [0.3, 0.4) is 0 Å². The standard InChI is InChI=1S/C21H20FN3OS/c1-14(2)15-5-9-18(10-6-15)23-20(26)13-27-21-12-11-19(24-25-21)16-3-7-17(22)8-4-16/h3-12,14H,13H2,1-2H3,(H,23,26). The lowest BCUT2D eigenvalue weighted by Crippen LogP contribution is -2.14. The number of carbonyl (C=O) groups is 1. The minimum absolute atomic E-state index is 0.0956. The van der Waals surface area contributed by atoms with Crippen LogP contribution in [0.1, 0.15) is 25.3 Å². The van der Waals surface area contributed by atoms with E-state index in [4.69, 9.17) is 0 Å². The summed E-state index contributed by atoms with van der Waals surface area (Å²) in [7, 11) is 0. The molecular weight excluding hydrogens is 361 g/mol. The van der Waals surface area contributed by atoms with E-state index in [2.05, 4.69) is 29.4 Å². The monoisotopic (exact) mass is 381 g/mol. The first-order valence-corrected chi connectivity index (χ1v) is 9.62. The normalized spacial score (nSPS) is 10.8. The lowest BCUT2D eigenvalue weighted by molar-refractivity contribution is -0.113. The zero-order chi connectivity index (χ0) is 19.2. The van der Waals surface area contributed by atoms with E-state index in [9.17, 15) is 9.18 Å². The molecule has 0 aliphatic heterocycles. The summed E-state index contributed by atoms with van der Waals surface area (Å²) in [6.45, 7) is 4.26. The Bertz CT molecular complexity index is 894. The van der Waals surface area contributed by atoms with Crippen molar-refractivity contribution in [2.24, 2.45) is 0 Å². The van der Waals surface area contributed by atoms with Gasteiger partial charge in [0.15, 0.2) is 0 Å². The molecule has 0 radical (unpaired) electrons. The van der Waals surface area contributed by atoms with Gasteiger partial charge in [-0.15, -0.1) is 10.2 Å². The summed E-state index contributed by atoms with van der Waals surface area (Å²) in [5, 5.41) is 11.8. The molecule has 3 aromatic rings. The van der Waals surface area contributed by atoms with Crippen molar-refractivity contribution in [1.29, 1.82) is 0 Å². The van der Waals surface area contributed by atoms with Gasteiger partial charge in [0.25, 0.3) is 0 Å². The molecule has 4 nitrogen and oxygen atoms in total. The summed E-state index contributed by atoms with van der Waals surface area (Å²) >= 11 is 1.32. The molecule has 0 saturated carbocycles. The van der Waals surface area contributed by atoms with Gasteiger partial charge in [-0.05, 0) is 60.0 Å². The third-order valence-electron chi connectivity index (χ3n) is 3.99. The van der Waals surface area contributed by atoms with Crippen LogP contribution in [-0.4, -0.2) is 21.9 Å². The molecule has 0 saturated heterocycles. The summed E-state index contributed by atoms with van der Waals surface area (Å²) in [5.74, 6) is 0.323. The van der Waals surface area contributed by atoms with E-state index in [1.165, 1.54) is 29.5 Å². The van der Waals surface area contributed by atoms with Crippen molar-refractivity contribution in [3.63, 3.8) is 0 Å². The van der Waals surface area contributed by atoms with Crippen molar-refractivity contribution in [2.45, 2.75) is 24.8 Å². The highest BCUT2D eigenvalue weighted by Gasteiger charge is 2.07. The molecule has 0 aliphatic rings. The van der Waals surface area contributed by atoms with E-state index < -0.39 is 0 Å². The summed E-state index contributed by atoms with van der Waals surface area (Å²) in [6.07, 6.45) is 0. The van der Waals surface area contributed by atoms with Crippen LogP contribution in [0.2, 0.25) is 0 Å². The number of carbonyl (C=O) groups excluding carboxylic acids is 1. The second kappa shape index (κ2) is 8.77. The fraction of sp³-hybridized carbons (Fsp3) is 0.190.